The molecule has 0 saturated carbocycles. The summed E-state index contributed by atoms with van der Waals surface area (Å²) in [5.74, 6) is 1.33. The average molecular weight is 306 g/mol. The first-order valence-corrected chi connectivity index (χ1v) is 7.85. The van der Waals surface area contributed by atoms with Crippen LogP contribution in [0.3, 0.4) is 0 Å². The van der Waals surface area contributed by atoms with Crippen LogP contribution in [0.2, 0.25) is 0 Å². The molecule has 0 radical (unpaired) electrons. The van der Waals surface area contributed by atoms with E-state index in [0.717, 1.165) is 24.3 Å². The van der Waals surface area contributed by atoms with Gasteiger partial charge in [0.05, 0.1) is 17.5 Å². The normalized spacial score (nSPS) is 19.0. The molecule has 6 nitrogen and oxygen atoms in total. The average Bonchev–Trinajstić information content (AvgIpc) is 3.19. The predicted octanol–water partition coefficient (Wildman–Crippen LogP) is 1.85. The van der Waals surface area contributed by atoms with Gasteiger partial charge in [0.25, 0.3) is 0 Å². The number of hydrogen-bond acceptors (Lipinski definition) is 6. The van der Waals surface area contributed by atoms with E-state index in [1.807, 2.05) is 17.5 Å². The van der Waals surface area contributed by atoms with Crippen LogP contribution in [0, 0.1) is 0 Å². The summed E-state index contributed by atoms with van der Waals surface area (Å²) in [5, 5.41) is 5.99. The van der Waals surface area contributed by atoms with E-state index < -0.39 is 0 Å². The zero-order valence-electron chi connectivity index (χ0n) is 12.2. The Morgan fingerprint density at radius 2 is 2.43 bits per heavy atom. The van der Waals surface area contributed by atoms with Crippen molar-refractivity contribution in [1.29, 1.82) is 0 Å². The highest BCUT2D eigenvalue weighted by Gasteiger charge is 2.32. The summed E-state index contributed by atoms with van der Waals surface area (Å²) < 4.78 is 5.32. The molecule has 0 aliphatic carbocycles. The zero-order valence-corrected chi connectivity index (χ0v) is 13.0. The van der Waals surface area contributed by atoms with Crippen LogP contribution >= 0.6 is 11.3 Å². The quantitative estimate of drug-likeness (QED) is 0.862. The highest BCUT2D eigenvalue weighted by molar-refractivity contribution is 7.13. The largest absolute Gasteiger partial charge is 0.347 e. The third-order valence-electron chi connectivity index (χ3n) is 3.64. The van der Waals surface area contributed by atoms with Crippen molar-refractivity contribution in [3.63, 3.8) is 0 Å². The smallest absolute Gasteiger partial charge is 0.241 e. The summed E-state index contributed by atoms with van der Waals surface area (Å²) in [7, 11) is 3.58. The number of hydrogen-bond donors (Lipinski definition) is 0. The van der Waals surface area contributed by atoms with Gasteiger partial charge in [-0.3, -0.25) is 9.69 Å². The van der Waals surface area contributed by atoms with E-state index in [-0.39, 0.29) is 11.9 Å². The first-order valence-electron chi connectivity index (χ1n) is 6.97. The number of amides is 1. The standard InChI is InChI=1S/C14H18N4O2S/c1-17(2)14(19)10-5-3-7-18(10)9-12-15-13(16-20-12)11-6-4-8-21-11/h4,6,8,10H,3,5,7,9H2,1-2H3. The molecule has 0 N–H and O–H groups in total. The molecule has 0 spiro atoms. The molecule has 1 aliphatic heterocycles. The Morgan fingerprint density at radius 1 is 1.57 bits per heavy atom. The number of rotatable bonds is 4. The molecular formula is C14H18N4O2S. The summed E-state index contributed by atoms with van der Waals surface area (Å²) in [4.78, 5) is 21.3. The zero-order chi connectivity index (χ0) is 14.8. The fourth-order valence-corrected chi connectivity index (χ4v) is 3.24. The van der Waals surface area contributed by atoms with Crippen molar-refractivity contribution in [2.75, 3.05) is 20.6 Å². The third-order valence-corrected chi connectivity index (χ3v) is 4.50. The minimum Gasteiger partial charge on any atom is -0.347 e. The van der Waals surface area contributed by atoms with Crippen LogP contribution in [-0.4, -0.2) is 52.5 Å². The first kappa shape index (κ1) is 14.2. The molecule has 1 saturated heterocycles. The van der Waals surface area contributed by atoms with Gasteiger partial charge in [-0.15, -0.1) is 11.3 Å². The van der Waals surface area contributed by atoms with Gasteiger partial charge in [-0.2, -0.15) is 4.98 Å². The number of likely N-dealkylation sites (N-methyl/N-ethyl adjacent to an activating group) is 1. The third kappa shape index (κ3) is 2.98. The molecule has 3 rings (SSSR count). The number of thiophene rings is 1. The molecule has 1 amide bonds. The van der Waals surface area contributed by atoms with Crippen LogP contribution in [0.1, 0.15) is 18.7 Å². The highest BCUT2D eigenvalue weighted by Crippen LogP contribution is 2.24. The topological polar surface area (TPSA) is 62.5 Å². The molecule has 2 aromatic heterocycles. The van der Waals surface area contributed by atoms with Crippen molar-refractivity contribution < 1.29 is 9.32 Å². The lowest BCUT2D eigenvalue weighted by molar-refractivity contribution is -0.133. The van der Waals surface area contributed by atoms with Gasteiger partial charge in [0.2, 0.25) is 17.6 Å². The van der Waals surface area contributed by atoms with Crippen LogP contribution in [-0.2, 0) is 11.3 Å². The number of likely N-dealkylation sites (tertiary alicyclic amines) is 1. The molecule has 1 unspecified atom stereocenters. The number of aromatic nitrogens is 2. The Labute approximate surface area is 127 Å². The summed E-state index contributed by atoms with van der Waals surface area (Å²) in [5.41, 5.74) is 0. The molecular weight excluding hydrogens is 288 g/mol. The van der Waals surface area contributed by atoms with Gasteiger partial charge in [0, 0.05) is 14.1 Å². The van der Waals surface area contributed by atoms with Crippen molar-refractivity contribution in [2.45, 2.75) is 25.4 Å². The maximum Gasteiger partial charge on any atom is 0.241 e. The van der Waals surface area contributed by atoms with Crippen molar-refractivity contribution in [2.24, 2.45) is 0 Å². The first-order chi connectivity index (χ1) is 10.1. The lowest BCUT2D eigenvalue weighted by Crippen LogP contribution is -2.42. The van der Waals surface area contributed by atoms with Crippen molar-refractivity contribution in [3.8, 4) is 10.7 Å². The van der Waals surface area contributed by atoms with E-state index >= 15 is 0 Å². The summed E-state index contributed by atoms with van der Waals surface area (Å²) in [6.07, 6.45) is 1.92. The minimum absolute atomic E-state index is 0.0721. The van der Waals surface area contributed by atoms with Gasteiger partial charge in [0.1, 0.15) is 0 Å². The molecule has 1 atom stereocenters. The SMILES string of the molecule is CN(C)C(=O)C1CCCN1Cc1nc(-c2cccs2)no1. The number of carbonyl (C=O) groups excluding carboxylic acids is 1. The molecule has 0 aromatic carbocycles. The van der Waals surface area contributed by atoms with E-state index in [4.69, 9.17) is 4.52 Å². The highest BCUT2D eigenvalue weighted by atomic mass is 32.1. The van der Waals surface area contributed by atoms with E-state index in [2.05, 4.69) is 15.0 Å². The predicted molar refractivity (Wildman–Crippen MR) is 79.7 cm³/mol. The molecule has 3 heterocycles. The van der Waals surface area contributed by atoms with Gasteiger partial charge >= 0.3 is 0 Å². The van der Waals surface area contributed by atoms with Gasteiger partial charge in [-0.05, 0) is 30.8 Å². The van der Waals surface area contributed by atoms with E-state index in [1.54, 1.807) is 30.3 Å². The fourth-order valence-electron chi connectivity index (χ4n) is 2.59. The second-order valence-corrected chi connectivity index (χ2v) is 6.30. The molecule has 1 fully saturated rings. The Hall–Kier alpha value is -1.73. The van der Waals surface area contributed by atoms with Crippen LogP contribution in [0.4, 0.5) is 0 Å². The monoisotopic (exact) mass is 306 g/mol. The van der Waals surface area contributed by atoms with Crippen molar-refractivity contribution >= 4 is 17.2 Å². The van der Waals surface area contributed by atoms with Crippen LogP contribution in [0.25, 0.3) is 10.7 Å². The van der Waals surface area contributed by atoms with E-state index in [9.17, 15) is 4.79 Å². The second-order valence-electron chi connectivity index (χ2n) is 5.35. The Morgan fingerprint density at radius 3 is 3.14 bits per heavy atom. The van der Waals surface area contributed by atoms with Gasteiger partial charge in [-0.1, -0.05) is 11.2 Å². The van der Waals surface area contributed by atoms with E-state index in [0.29, 0.717) is 18.3 Å². The molecule has 2 aromatic rings. The second kappa shape index (κ2) is 5.95. The van der Waals surface area contributed by atoms with Crippen molar-refractivity contribution in [1.82, 2.24) is 19.9 Å². The summed E-state index contributed by atoms with van der Waals surface area (Å²) in [6, 6.07) is 3.85. The Bertz CT molecular complexity index is 608. The van der Waals surface area contributed by atoms with Gasteiger partial charge < -0.3 is 9.42 Å². The van der Waals surface area contributed by atoms with Crippen LogP contribution < -0.4 is 0 Å². The van der Waals surface area contributed by atoms with Crippen molar-refractivity contribution in [3.05, 3.63) is 23.4 Å². The van der Waals surface area contributed by atoms with Gasteiger partial charge in [0.15, 0.2) is 0 Å². The molecule has 21 heavy (non-hydrogen) atoms. The summed E-state index contributed by atoms with van der Waals surface area (Å²) >= 11 is 1.58. The Balaban J connectivity index is 1.70. The lowest BCUT2D eigenvalue weighted by atomic mass is 10.2. The summed E-state index contributed by atoms with van der Waals surface area (Å²) in [6.45, 7) is 1.42. The van der Waals surface area contributed by atoms with E-state index in [1.165, 1.54) is 0 Å². The fraction of sp³-hybridized carbons (Fsp3) is 0.500. The number of carbonyl (C=O) groups is 1. The maximum atomic E-state index is 12.2. The lowest BCUT2D eigenvalue weighted by Gasteiger charge is -2.24. The molecule has 1 aliphatic rings. The number of nitrogens with zero attached hydrogens (tertiary/aromatic N) is 4. The molecule has 0 bridgehead atoms. The maximum absolute atomic E-state index is 12.2. The molecule has 112 valence electrons. The minimum atomic E-state index is -0.0721. The Kier molecular flexibility index (Phi) is 4.03. The van der Waals surface area contributed by atoms with Crippen LogP contribution in [0.15, 0.2) is 22.0 Å². The van der Waals surface area contributed by atoms with Gasteiger partial charge in [-0.25, -0.2) is 0 Å². The van der Waals surface area contributed by atoms with Crippen LogP contribution in [0.5, 0.6) is 0 Å². The molecule has 7 heteroatoms.